The van der Waals surface area contributed by atoms with Gasteiger partial charge < -0.3 is 10.6 Å². The molecule has 5 nitrogen and oxygen atoms in total. The molecule has 2 N–H and O–H groups in total. The number of anilines is 1. The van der Waals surface area contributed by atoms with E-state index in [4.69, 9.17) is 0 Å². The first-order valence-electron chi connectivity index (χ1n) is 9.78. The molecule has 1 amide bonds. The zero-order chi connectivity index (χ0) is 21.0. The molecule has 0 saturated heterocycles. The smallest absolute Gasteiger partial charge is 0.255 e. The number of halogens is 1. The van der Waals surface area contributed by atoms with Gasteiger partial charge in [-0.05, 0) is 69.7 Å². The average molecular weight is 394 g/mol. The van der Waals surface area contributed by atoms with Crippen molar-refractivity contribution < 1.29 is 9.18 Å². The molecule has 0 aliphatic carbocycles. The Kier molecular flexibility index (Phi) is 6.44. The molecular formula is C23H27FN4O. The molecule has 0 radical (unpaired) electrons. The van der Waals surface area contributed by atoms with E-state index in [1.165, 1.54) is 35.5 Å². The van der Waals surface area contributed by atoms with Crippen molar-refractivity contribution in [3.05, 3.63) is 82.9 Å². The van der Waals surface area contributed by atoms with Gasteiger partial charge in [-0.15, -0.1) is 0 Å². The zero-order valence-corrected chi connectivity index (χ0v) is 17.2. The average Bonchev–Trinajstić information content (AvgIpc) is 3.09. The lowest BCUT2D eigenvalue weighted by Gasteiger charge is -2.15. The fourth-order valence-corrected chi connectivity index (χ4v) is 3.27. The Morgan fingerprint density at radius 3 is 2.31 bits per heavy atom. The number of carbonyl (C=O) groups excluding carboxylic acids is 1. The number of amides is 1. The number of nitrogens with one attached hydrogen (secondary N) is 2. The van der Waals surface area contributed by atoms with Crippen LogP contribution in [0.25, 0.3) is 0 Å². The van der Waals surface area contributed by atoms with E-state index in [-0.39, 0.29) is 17.8 Å². The summed E-state index contributed by atoms with van der Waals surface area (Å²) in [4.78, 5) is 12.2. The van der Waals surface area contributed by atoms with Crippen molar-refractivity contribution in [2.24, 2.45) is 0 Å². The third-order valence-electron chi connectivity index (χ3n) is 4.97. The first-order valence-corrected chi connectivity index (χ1v) is 9.78. The zero-order valence-electron chi connectivity index (χ0n) is 17.2. The molecule has 0 aliphatic rings. The molecule has 6 heteroatoms. The number of rotatable bonds is 7. The van der Waals surface area contributed by atoms with E-state index in [1.807, 2.05) is 35.1 Å². The second-order valence-corrected chi connectivity index (χ2v) is 7.48. The first-order chi connectivity index (χ1) is 13.8. The van der Waals surface area contributed by atoms with Crippen LogP contribution in [0.3, 0.4) is 0 Å². The van der Waals surface area contributed by atoms with E-state index in [1.54, 1.807) is 0 Å². The van der Waals surface area contributed by atoms with Gasteiger partial charge >= 0.3 is 0 Å². The van der Waals surface area contributed by atoms with Gasteiger partial charge in [-0.25, -0.2) is 4.39 Å². The fraction of sp³-hybridized carbons (Fsp3) is 0.304. The molecule has 3 aromatic rings. The maximum absolute atomic E-state index is 13.0. The molecule has 0 saturated carbocycles. The highest BCUT2D eigenvalue weighted by Gasteiger charge is 2.14. The van der Waals surface area contributed by atoms with Crippen LogP contribution in [0.15, 0.2) is 54.7 Å². The summed E-state index contributed by atoms with van der Waals surface area (Å²) >= 11 is 0. The Morgan fingerprint density at radius 2 is 1.72 bits per heavy atom. The summed E-state index contributed by atoms with van der Waals surface area (Å²) in [6, 6.07) is 13.7. The SMILES string of the molecule is Cc1c(C(C)NCc2ccc(NC(=O)c3ccc(F)cc3)cc2)cnn1C(C)C. The molecule has 2 aromatic carbocycles. The lowest BCUT2D eigenvalue weighted by Crippen LogP contribution is -2.19. The number of hydrogen-bond acceptors (Lipinski definition) is 3. The first kappa shape index (κ1) is 20.7. The maximum atomic E-state index is 13.0. The van der Waals surface area contributed by atoms with Crippen LogP contribution < -0.4 is 10.6 Å². The second kappa shape index (κ2) is 9.01. The minimum Gasteiger partial charge on any atom is -0.322 e. The van der Waals surface area contributed by atoms with Gasteiger partial charge in [0.05, 0.1) is 6.20 Å². The molecule has 3 rings (SSSR count). The molecule has 1 aromatic heterocycles. The van der Waals surface area contributed by atoms with Gasteiger partial charge in [0, 0.05) is 41.1 Å². The van der Waals surface area contributed by atoms with Gasteiger partial charge in [0.1, 0.15) is 5.82 Å². The molecular weight excluding hydrogens is 367 g/mol. The van der Waals surface area contributed by atoms with Crippen LogP contribution in [0.2, 0.25) is 0 Å². The highest BCUT2D eigenvalue weighted by molar-refractivity contribution is 6.04. The Morgan fingerprint density at radius 1 is 1.07 bits per heavy atom. The Hall–Kier alpha value is -2.99. The number of nitrogens with zero attached hydrogens (tertiary/aromatic N) is 2. The lowest BCUT2D eigenvalue weighted by molar-refractivity contribution is 0.102. The van der Waals surface area contributed by atoms with E-state index < -0.39 is 0 Å². The largest absolute Gasteiger partial charge is 0.322 e. The van der Waals surface area contributed by atoms with E-state index >= 15 is 0 Å². The van der Waals surface area contributed by atoms with E-state index in [0.29, 0.717) is 23.8 Å². The van der Waals surface area contributed by atoms with Gasteiger partial charge in [0.2, 0.25) is 0 Å². The number of hydrogen-bond donors (Lipinski definition) is 2. The van der Waals surface area contributed by atoms with E-state index in [2.05, 4.69) is 43.4 Å². The summed E-state index contributed by atoms with van der Waals surface area (Å²) in [5, 5.41) is 10.8. The lowest BCUT2D eigenvalue weighted by atomic mass is 10.1. The van der Waals surface area contributed by atoms with Crippen LogP contribution in [0.5, 0.6) is 0 Å². The van der Waals surface area contributed by atoms with E-state index in [9.17, 15) is 9.18 Å². The minimum absolute atomic E-state index is 0.181. The summed E-state index contributed by atoms with van der Waals surface area (Å²) in [6.45, 7) is 9.18. The van der Waals surface area contributed by atoms with Crippen molar-refractivity contribution in [2.45, 2.75) is 46.3 Å². The summed E-state index contributed by atoms with van der Waals surface area (Å²) in [5.74, 6) is -0.624. The van der Waals surface area contributed by atoms with Crippen LogP contribution in [-0.4, -0.2) is 15.7 Å². The molecule has 0 spiro atoms. The standard InChI is InChI=1S/C23H27FN4O/c1-15(2)28-17(4)22(14-26-28)16(3)25-13-18-5-11-21(12-6-18)27-23(29)19-7-9-20(24)10-8-19/h5-12,14-16,25H,13H2,1-4H3,(H,27,29). The third kappa shape index (κ3) is 5.09. The van der Waals surface area contributed by atoms with Crippen LogP contribution in [0.4, 0.5) is 10.1 Å². The van der Waals surface area contributed by atoms with Crippen LogP contribution in [-0.2, 0) is 6.54 Å². The number of benzene rings is 2. The fourth-order valence-electron chi connectivity index (χ4n) is 3.27. The van der Waals surface area contributed by atoms with Gasteiger partial charge in [0.15, 0.2) is 0 Å². The van der Waals surface area contributed by atoms with E-state index in [0.717, 1.165) is 5.56 Å². The quantitative estimate of drug-likeness (QED) is 0.592. The molecule has 1 heterocycles. The summed E-state index contributed by atoms with van der Waals surface area (Å²) < 4.78 is 15.0. The highest BCUT2D eigenvalue weighted by Crippen LogP contribution is 2.20. The molecule has 1 atom stereocenters. The number of carbonyl (C=O) groups is 1. The molecule has 1 unspecified atom stereocenters. The normalized spacial score (nSPS) is 12.2. The summed E-state index contributed by atoms with van der Waals surface area (Å²) in [5.41, 5.74) is 4.61. The number of aromatic nitrogens is 2. The van der Waals surface area contributed by atoms with Gasteiger partial charge in [-0.2, -0.15) is 5.10 Å². The minimum atomic E-state index is -0.362. The van der Waals surface area contributed by atoms with Crippen LogP contribution in [0, 0.1) is 12.7 Å². The van der Waals surface area contributed by atoms with Crippen molar-refractivity contribution in [3.8, 4) is 0 Å². The van der Waals surface area contributed by atoms with Gasteiger partial charge in [-0.3, -0.25) is 9.48 Å². The maximum Gasteiger partial charge on any atom is 0.255 e. The molecule has 152 valence electrons. The van der Waals surface area contributed by atoms with Crippen molar-refractivity contribution in [3.63, 3.8) is 0 Å². The molecule has 0 aliphatic heterocycles. The third-order valence-corrected chi connectivity index (χ3v) is 4.97. The highest BCUT2D eigenvalue weighted by atomic mass is 19.1. The van der Waals surface area contributed by atoms with Crippen molar-refractivity contribution >= 4 is 11.6 Å². The Bertz CT molecular complexity index is 962. The topological polar surface area (TPSA) is 58.9 Å². The van der Waals surface area contributed by atoms with Crippen molar-refractivity contribution in [1.29, 1.82) is 0 Å². The van der Waals surface area contributed by atoms with Crippen molar-refractivity contribution in [2.75, 3.05) is 5.32 Å². The summed E-state index contributed by atoms with van der Waals surface area (Å²) in [7, 11) is 0. The molecule has 0 fully saturated rings. The van der Waals surface area contributed by atoms with Crippen molar-refractivity contribution in [1.82, 2.24) is 15.1 Å². The van der Waals surface area contributed by atoms with Gasteiger partial charge in [0.25, 0.3) is 5.91 Å². The Balaban J connectivity index is 1.56. The monoisotopic (exact) mass is 394 g/mol. The summed E-state index contributed by atoms with van der Waals surface area (Å²) in [6.07, 6.45) is 1.93. The predicted molar refractivity (Wildman–Crippen MR) is 113 cm³/mol. The Labute approximate surface area is 170 Å². The predicted octanol–water partition coefficient (Wildman–Crippen LogP) is 5.01. The second-order valence-electron chi connectivity index (χ2n) is 7.48. The van der Waals surface area contributed by atoms with Crippen LogP contribution >= 0.6 is 0 Å². The van der Waals surface area contributed by atoms with Crippen LogP contribution in [0.1, 0.15) is 60.0 Å². The molecule has 29 heavy (non-hydrogen) atoms. The molecule has 0 bridgehead atoms. The van der Waals surface area contributed by atoms with Gasteiger partial charge in [-0.1, -0.05) is 12.1 Å².